The van der Waals surface area contributed by atoms with Crippen LogP contribution in [0.2, 0.25) is 0 Å². The number of nitrogens with one attached hydrogen (secondary N) is 2. The van der Waals surface area contributed by atoms with Gasteiger partial charge in [0.2, 0.25) is 0 Å². The first-order valence-electron chi connectivity index (χ1n) is 3.57. The Kier molecular flexibility index (Phi) is 2.69. The average molecular weight is 189 g/mol. The van der Waals surface area contributed by atoms with Gasteiger partial charge in [-0.15, -0.1) is 0 Å². The Morgan fingerprint density at radius 3 is 3.08 bits per heavy atom. The number of rotatable bonds is 4. The summed E-state index contributed by atoms with van der Waals surface area (Å²) in [6.07, 6.45) is 3.42. The van der Waals surface area contributed by atoms with Crippen LogP contribution >= 0.6 is 0 Å². The van der Waals surface area contributed by atoms with Gasteiger partial charge in [-0.25, -0.2) is 8.99 Å². The first-order valence-corrected chi connectivity index (χ1v) is 5.30. The van der Waals surface area contributed by atoms with E-state index in [1.807, 2.05) is 6.92 Å². The molecule has 1 aromatic heterocycles. The number of nitrogens with zero attached hydrogens (tertiary/aromatic N) is 1. The van der Waals surface area contributed by atoms with Gasteiger partial charge in [-0.3, -0.25) is 4.72 Å². The van der Waals surface area contributed by atoms with E-state index in [0.29, 0.717) is 17.9 Å². The molecule has 0 fully saturated rings. The standard InChI is InChI=1S/C6H11N3O2S/c1-2-3-12(7,10)9-6-4-8-11-5-6/h4-5H,2-3H2,1H3,(H2,7,9,10). The molecule has 0 saturated carbocycles. The van der Waals surface area contributed by atoms with Gasteiger partial charge in [0.1, 0.15) is 21.9 Å². The summed E-state index contributed by atoms with van der Waals surface area (Å²) in [7, 11) is -2.70. The summed E-state index contributed by atoms with van der Waals surface area (Å²) < 4.78 is 25.7. The van der Waals surface area contributed by atoms with Crippen LogP contribution < -0.4 is 4.72 Å². The van der Waals surface area contributed by atoms with Gasteiger partial charge in [-0.05, 0) is 6.42 Å². The van der Waals surface area contributed by atoms with Crippen molar-refractivity contribution in [3.63, 3.8) is 0 Å². The molecule has 0 radical (unpaired) electrons. The molecule has 12 heavy (non-hydrogen) atoms. The average Bonchev–Trinajstić information content (AvgIpc) is 2.38. The largest absolute Gasteiger partial charge is 0.362 e. The zero-order valence-corrected chi connectivity index (χ0v) is 7.56. The summed E-state index contributed by atoms with van der Waals surface area (Å²) in [4.78, 5) is 0. The second kappa shape index (κ2) is 3.57. The monoisotopic (exact) mass is 189 g/mol. The third-order valence-electron chi connectivity index (χ3n) is 1.21. The maximum atomic E-state index is 11.3. The normalized spacial score (nSPS) is 15.4. The highest BCUT2D eigenvalue weighted by Gasteiger charge is 2.05. The first kappa shape index (κ1) is 9.05. The second-order valence-electron chi connectivity index (χ2n) is 2.39. The molecule has 0 aromatic carbocycles. The topological polar surface area (TPSA) is 79.0 Å². The minimum atomic E-state index is -2.70. The molecule has 0 aliphatic rings. The Balaban J connectivity index is 2.63. The molecular formula is C6H11N3O2S. The van der Waals surface area contributed by atoms with Crippen molar-refractivity contribution in [3.8, 4) is 0 Å². The van der Waals surface area contributed by atoms with E-state index in [-0.39, 0.29) is 0 Å². The third kappa shape index (κ3) is 2.54. The second-order valence-corrected chi connectivity index (χ2v) is 4.36. The van der Waals surface area contributed by atoms with Gasteiger partial charge in [0.05, 0.1) is 6.20 Å². The molecule has 1 atom stereocenters. The smallest absolute Gasteiger partial charge is 0.147 e. The quantitative estimate of drug-likeness (QED) is 0.752. The zero-order chi connectivity index (χ0) is 9.03. The van der Waals surface area contributed by atoms with Crippen molar-refractivity contribution in [2.45, 2.75) is 13.3 Å². The van der Waals surface area contributed by atoms with Crippen molar-refractivity contribution in [1.82, 2.24) is 5.16 Å². The van der Waals surface area contributed by atoms with Gasteiger partial charge >= 0.3 is 0 Å². The predicted molar refractivity (Wildman–Crippen MR) is 46.1 cm³/mol. The minimum Gasteiger partial charge on any atom is -0.362 e. The summed E-state index contributed by atoms with van der Waals surface area (Å²) in [6.45, 7) is 1.88. The lowest BCUT2D eigenvalue weighted by Crippen LogP contribution is -2.13. The Morgan fingerprint density at radius 1 is 1.83 bits per heavy atom. The van der Waals surface area contributed by atoms with Crippen molar-refractivity contribution in [3.05, 3.63) is 12.5 Å². The van der Waals surface area contributed by atoms with Crippen LogP contribution in [0.1, 0.15) is 13.3 Å². The van der Waals surface area contributed by atoms with Gasteiger partial charge < -0.3 is 4.52 Å². The first-order chi connectivity index (χ1) is 5.64. The summed E-state index contributed by atoms with van der Waals surface area (Å²) >= 11 is 0. The molecule has 68 valence electrons. The lowest BCUT2D eigenvalue weighted by Gasteiger charge is -2.05. The summed E-state index contributed by atoms with van der Waals surface area (Å²) in [5.41, 5.74) is 0.489. The van der Waals surface area contributed by atoms with Crippen molar-refractivity contribution < 1.29 is 8.73 Å². The van der Waals surface area contributed by atoms with Crippen LogP contribution in [0.5, 0.6) is 0 Å². The molecular weight excluding hydrogens is 178 g/mol. The molecule has 2 N–H and O–H groups in total. The van der Waals surface area contributed by atoms with E-state index in [9.17, 15) is 4.21 Å². The molecule has 1 heterocycles. The van der Waals surface area contributed by atoms with Crippen LogP contribution in [0.4, 0.5) is 5.69 Å². The van der Waals surface area contributed by atoms with Crippen LogP contribution in [0, 0.1) is 4.78 Å². The molecule has 5 nitrogen and oxygen atoms in total. The summed E-state index contributed by atoms with van der Waals surface area (Å²) in [6, 6.07) is 0. The molecule has 1 unspecified atom stereocenters. The Morgan fingerprint density at radius 2 is 2.58 bits per heavy atom. The molecule has 0 aliphatic carbocycles. The highest BCUT2D eigenvalue weighted by Crippen LogP contribution is 2.07. The Bertz CT molecular complexity index is 317. The molecule has 0 saturated heterocycles. The number of anilines is 1. The fourth-order valence-electron chi connectivity index (χ4n) is 0.784. The van der Waals surface area contributed by atoms with Crippen molar-refractivity contribution >= 4 is 15.6 Å². The highest BCUT2D eigenvalue weighted by atomic mass is 32.2. The molecule has 0 spiro atoms. The van der Waals surface area contributed by atoms with E-state index < -0.39 is 9.92 Å². The van der Waals surface area contributed by atoms with Crippen molar-refractivity contribution in [1.29, 1.82) is 4.78 Å². The maximum Gasteiger partial charge on any atom is 0.147 e. The van der Waals surface area contributed by atoms with E-state index in [2.05, 4.69) is 14.4 Å². The molecule has 6 heteroatoms. The van der Waals surface area contributed by atoms with E-state index in [1.165, 1.54) is 12.5 Å². The maximum absolute atomic E-state index is 11.3. The molecule has 0 amide bonds. The van der Waals surface area contributed by atoms with Gasteiger partial charge in [0.25, 0.3) is 0 Å². The lowest BCUT2D eigenvalue weighted by molar-refractivity contribution is 0.420. The van der Waals surface area contributed by atoms with Crippen LogP contribution in [-0.2, 0) is 9.92 Å². The lowest BCUT2D eigenvalue weighted by atomic mass is 10.6. The van der Waals surface area contributed by atoms with Gasteiger partial charge in [-0.1, -0.05) is 12.1 Å². The van der Waals surface area contributed by atoms with Crippen LogP contribution in [0.3, 0.4) is 0 Å². The number of hydrogen-bond acceptors (Lipinski definition) is 4. The fourth-order valence-corrected chi connectivity index (χ4v) is 1.94. The van der Waals surface area contributed by atoms with Gasteiger partial charge in [-0.2, -0.15) is 0 Å². The molecule has 0 bridgehead atoms. The van der Waals surface area contributed by atoms with E-state index >= 15 is 0 Å². The van der Waals surface area contributed by atoms with Crippen molar-refractivity contribution in [2.75, 3.05) is 10.5 Å². The van der Waals surface area contributed by atoms with Crippen molar-refractivity contribution in [2.24, 2.45) is 0 Å². The van der Waals surface area contributed by atoms with E-state index in [1.54, 1.807) is 0 Å². The minimum absolute atomic E-state index is 0.332. The van der Waals surface area contributed by atoms with Crippen LogP contribution in [0.25, 0.3) is 0 Å². The van der Waals surface area contributed by atoms with Gasteiger partial charge in [0, 0.05) is 5.75 Å². The van der Waals surface area contributed by atoms with E-state index in [0.717, 1.165) is 0 Å². The number of hydrogen-bond donors (Lipinski definition) is 2. The van der Waals surface area contributed by atoms with E-state index in [4.69, 9.17) is 4.78 Å². The van der Waals surface area contributed by atoms with Crippen LogP contribution in [-0.4, -0.2) is 15.1 Å². The predicted octanol–water partition coefficient (Wildman–Crippen LogP) is 1.46. The fraction of sp³-hybridized carbons (Fsp3) is 0.500. The molecule has 0 aliphatic heterocycles. The summed E-state index contributed by atoms with van der Waals surface area (Å²) in [5.74, 6) is 0.332. The number of aromatic nitrogens is 1. The SMILES string of the molecule is CCCS(=N)(=O)Nc1cnoc1. The van der Waals surface area contributed by atoms with Crippen LogP contribution in [0.15, 0.2) is 17.0 Å². The van der Waals surface area contributed by atoms with Gasteiger partial charge in [0.15, 0.2) is 0 Å². The Hall–Kier alpha value is -1.04. The third-order valence-corrected chi connectivity index (χ3v) is 2.76. The molecule has 1 rings (SSSR count). The zero-order valence-electron chi connectivity index (χ0n) is 6.74. The molecule has 1 aromatic rings. The Labute approximate surface area is 71.2 Å². The highest BCUT2D eigenvalue weighted by molar-refractivity contribution is 7.93. The summed E-state index contributed by atoms with van der Waals surface area (Å²) in [5, 5.41) is 3.42.